The number of likely N-dealkylation sites (N-methyl/N-ethyl adjacent to an activating group) is 1. The van der Waals surface area contributed by atoms with Crippen LogP contribution in [0.25, 0.3) is 22.0 Å². The first kappa shape index (κ1) is 27.3. The minimum Gasteiger partial charge on any atom is -0.457 e. The van der Waals surface area contributed by atoms with Crippen LogP contribution in [0, 0.1) is 11.3 Å². The van der Waals surface area contributed by atoms with Crippen molar-refractivity contribution in [3.63, 3.8) is 0 Å². The van der Waals surface area contributed by atoms with Gasteiger partial charge in [0.15, 0.2) is 0 Å². The lowest BCUT2D eigenvalue weighted by atomic mass is 10.0. The summed E-state index contributed by atoms with van der Waals surface area (Å²) in [6, 6.07) is 25.8. The summed E-state index contributed by atoms with van der Waals surface area (Å²) in [6.45, 7) is 8.89. The van der Waals surface area contributed by atoms with Crippen molar-refractivity contribution in [2.24, 2.45) is 0 Å². The summed E-state index contributed by atoms with van der Waals surface area (Å²) in [6.07, 6.45) is 1.64. The van der Waals surface area contributed by atoms with E-state index in [1.165, 1.54) is 10.4 Å². The van der Waals surface area contributed by atoms with Gasteiger partial charge in [0, 0.05) is 59.9 Å². The number of halogens is 1. The van der Waals surface area contributed by atoms with Crippen LogP contribution >= 0.6 is 22.9 Å². The van der Waals surface area contributed by atoms with Gasteiger partial charge in [-0.3, -0.25) is 9.88 Å². The Morgan fingerprint density at radius 2 is 1.76 bits per heavy atom. The van der Waals surface area contributed by atoms with E-state index in [1.807, 2.05) is 53.8 Å². The van der Waals surface area contributed by atoms with Crippen LogP contribution in [0.2, 0.25) is 5.02 Å². The molecule has 2 aromatic heterocycles. The molecule has 5 aromatic rings. The van der Waals surface area contributed by atoms with Crippen molar-refractivity contribution in [3.05, 3.63) is 99.8 Å². The number of benzene rings is 3. The molecule has 3 heterocycles. The van der Waals surface area contributed by atoms with Gasteiger partial charge in [-0.2, -0.15) is 5.26 Å². The third-order valence-corrected chi connectivity index (χ3v) is 8.58. The molecule has 0 amide bonds. The van der Waals surface area contributed by atoms with E-state index in [9.17, 15) is 5.26 Å². The Balaban J connectivity index is 1.19. The fourth-order valence-electron chi connectivity index (χ4n) is 5.11. The van der Waals surface area contributed by atoms with E-state index < -0.39 is 0 Å². The van der Waals surface area contributed by atoms with Crippen molar-refractivity contribution >= 4 is 45.2 Å². The van der Waals surface area contributed by atoms with Crippen LogP contribution in [-0.2, 0) is 6.54 Å². The summed E-state index contributed by atoms with van der Waals surface area (Å²) >= 11 is 7.88. The molecule has 8 heteroatoms. The van der Waals surface area contributed by atoms with E-state index in [2.05, 4.69) is 62.7 Å². The van der Waals surface area contributed by atoms with Gasteiger partial charge in [0.1, 0.15) is 17.6 Å². The maximum Gasteiger partial charge on any atom is 0.128 e. The zero-order chi connectivity index (χ0) is 28.2. The maximum absolute atomic E-state index is 9.82. The Hall–Kier alpha value is -3.93. The molecule has 3 aromatic carbocycles. The van der Waals surface area contributed by atoms with Crippen LogP contribution in [0.1, 0.15) is 17.4 Å². The third-order valence-electron chi connectivity index (χ3n) is 7.42. The second kappa shape index (κ2) is 12.3. The normalized spacial score (nSPS) is 14.2. The SMILES string of the molecule is CCN1CCN(Cc2cc(-c3ccc4c(Nc5ccc(Oc6cccc(Cl)c6)cc5)c(C#N)cnc4c3)cs2)CC1. The van der Waals surface area contributed by atoms with E-state index in [0.717, 1.165) is 67.1 Å². The molecule has 1 aliphatic heterocycles. The molecule has 0 aliphatic carbocycles. The topological polar surface area (TPSA) is 64.4 Å². The first-order chi connectivity index (χ1) is 20.1. The van der Waals surface area contributed by atoms with Crippen molar-refractivity contribution in [1.82, 2.24) is 14.8 Å². The van der Waals surface area contributed by atoms with Gasteiger partial charge in [0.2, 0.25) is 0 Å². The van der Waals surface area contributed by atoms with Crippen molar-refractivity contribution in [2.45, 2.75) is 13.5 Å². The first-order valence-corrected chi connectivity index (χ1v) is 15.0. The van der Waals surface area contributed by atoms with Gasteiger partial charge < -0.3 is 15.0 Å². The van der Waals surface area contributed by atoms with Crippen LogP contribution < -0.4 is 10.1 Å². The number of hydrogen-bond acceptors (Lipinski definition) is 7. The number of nitrogens with one attached hydrogen (secondary N) is 1. The monoisotopic (exact) mass is 579 g/mol. The van der Waals surface area contributed by atoms with Crippen LogP contribution in [0.3, 0.4) is 0 Å². The summed E-state index contributed by atoms with van der Waals surface area (Å²) in [7, 11) is 0. The predicted molar refractivity (Wildman–Crippen MR) is 168 cm³/mol. The van der Waals surface area contributed by atoms with Gasteiger partial charge in [0.05, 0.1) is 16.8 Å². The Morgan fingerprint density at radius 3 is 2.51 bits per heavy atom. The average molecular weight is 580 g/mol. The maximum atomic E-state index is 9.82. The third kappa shape index (κ3) is 6.37. The number of ether oxygens (including phenoxy) is 1. The molecule has 6 nitrogen and oxygen atoms in total. The summed E-state index contributed by atoms with van der Waals surface area (Å²) in [5, 5.41) is 17.0. The predicted octanol–water partition coefficient (Wildman–Crippen LogP) is 8.16. The standard InChI is InChI=1S/C33H30ClN5OS/c1-2-38-12-14-39(15-13-38)21-30-16-24(22-41-30)23-6-11-31-32(17-23)36-20-25(19-35)33(31)37-27-7-9-28(10-8-27)40-29-5-3-4-26(34)18-29/h3-11,16-18,20,22H,2,12-15,21H2,1H3,(H,36,37). The highest BCUT2D eigenvalue weighted by Crippen LogP contribution is 2.34. The highest BCUT2D eigenvalue weighted by molar-refractivity contribution is 7.10. The number of nitrogens with zero attached hydrogens (tertiary/aromatic N) is 4. The lowest BCUT2D eigenvalue weighted by Crippen LogP contribution is -2.45. The summed E-state index contributed by atoms with van der Waals surface area (Å²) in [5.74, 6) is 1.37. The highest BCUT2D eigenvalue weighted by atomic mass is 35.5. The lowest BCUT2D eigenvalue weighted by Gasteiger charge is -2.33. The van der Waals surface area contributed by atoms with Crippen molar-refractivity contribution in [3.8, 4) is 28.7 Å². The Morgan fingerprint density at radius 1 is 0.951 bits per heavy atom. The minimum atomic E-state index is 0.491. The summed E-state index contributed by atoms with van der Waals surface area (Å²) in [4.78, 5) is 11.0. The summed E-state index contributed by atoms with van der Waals surface area (Å²) in [5.41, 5.74) is 5.25. The summed E-state index contributed by atoms with van der Waals surface area (Å²) < 4.78 is 5.91. The molecule has 1 N–H and O–H groups in total. The number of pyridine rings is 1. The molecule has 1 saturated heterocycles. The average Bonchev–Trinajstić information content (AvgIpc) is 3.47. The Kier molecular flexibility index (Phi) is 8.17. The van der Waals surface area contributed by atoms with Gasteiger partial charge in [-0.05, 0) is 77.6 Å². The Labute approximate surface area is 249 Å². The number of hydrogen-bond donors (Lipinski definition) is 1. The molecule has 0 spiro atoms. The molecule has 6 rings (SSSR count). The number of piperazine rings is 1. The van der Waals surface area contributed by atoms with Crippen LogP contribution in [0.5, 0.6) is 11.5 Å². The molecule has 0 unspecified atom stereocenters. The lowest BCUT2D eigenvalue weighted by molar-refractivity contribution is 0.133. The van der Waals surface area contributed by atoms with E-state index >= 15 is 0 Å². The fourth-order valence-corrected chi connectivity index (χ4v) is 6.22. The molecule has 0 atom stereocenters. The number of thiophene rings is 1. The van der Waals surface area contributed by atoms with Crippen LogP contribution in [0.4, 0.5) is 11.4 Å². The van der Waals surface area contributed by atoms with Crippen molar-refractivity contribution in [2.75, 3.05) is 38.0 Å². The van der Waals surface area contributed by atoms with Crippen molar-refractivity contribution < 1.29 is 4.74 Å². The number of rotatable bonds is 8. The molecule has 1 fully saturated rings. The highest BCUT2D eigenvalue weighted by Gasteiger charge is 2.17. The second-order valence-electron chi connectivity index (χ2n) is 10.1. The number of fused-ring (bicyclic) bond motifs is 1. The number of nitriles is 1. The quantitative estimate of drug-likeness (QED) is 0.200. The molecule has 206 valence electrons. The number of aromatic nitrogens is 1. The number of anilines is 2. The van der Waals surface area contributed by atoms with Crippen LogP contribution in [-0.4, -0.2) is 47.5 Å². The van der Waals surface area contributed by atoms with Gasteiger partial charge in [-0.25, -0.2) is 0 Å². The van der Waals surface area contributed by atoms with E-state index in [-0.39, 0.29) is 0 Å². The van der Waals surface area contributed by atoms with Crippen LogP contribution in [0.15, 0.2) is 84.4 Å². The molecule has 0 bridgehead atoms. The minimum absolute atomic E-state index is 0.491. The first-order valence-electron chi connectivity index (χ1n) is 13.7. The van der Waals surface area contributed by atoms with E-state index in [4.69, 9.17) is 16.3 Å². The Bertz CT molecular complexity index is 1700. The zero-order valence-corrected chi connectivity index (χ0v) is 24.4. The zero-order valence-electron chi connectivity index (χ0n) is 22.8. The molecule has 1 aliphatic rings. The largest absolute Gasteiger partial charge is 0.457 e. The molecule has 41 heavy (non-hydrogen) atoms. The fraction of sp³-hybridized carbons (Fsp3) is 0.212. The van der Waals surface area contributed by atoms with Gasteiger partial charge in [0.25, 0.3) is 0 Å². The van der Waals surface area contributed by atoms with Gasteiger partial charge >= 0.3 is 0 Å². The van der Waals surface area contributed by atoms with Gasteiger partial charge in [-0.1, -0.05) is 36.7 Å². The van der Waals surface area contributed by atoms with Crippen molar-refractivity contribution in [1.29, 1.82) is 5.26 Å². The molecule has 0 saturated carbocycles. The molecular weight excluding hydrogens is 550 g/mol. The molecule has 0 radical (unpaired) electrons. The van der Waals surface area contributed by atoms with E-state index in [1.54, 1.807) is 12.3 Å². The van der Waals surface area contributed by atoms with E-state index in [0.29, 0.717) is 22.1 Å². The second-order valence-corrected chi connectivity index (χ2v) is 11.5. The van der Waals surface area contributed by atoms with Gasteiger partial charge in [-0.15, -0.1) is 11.3 Å². The smallest absolute Gasteiger partial charge is 0.128 e. The molecular formula is C33H30ClN5OS.